The Morgan fingerprint density at radius 3 is 2.68 bits per heavy atom. The Morgan fingerprint density at radius 1 is 1.32 bits per heavy atom. The molecule has 0 saturated heterocycles. The van der Waals surface area contributed by atoms with E-state index in [4.69, 9.17) is 0 Å². The summed E-state index contributed by atoms with van der Waals surface area (Å²) < 4.78 is 3.46. The molecular weight excluding hydrogens is 320 g/mol. The summed E-state index contributed by atoms with van der Waals surface area (Å²) in [4.78, 5) is 1.37. The SMILES string of the molecule is CCNC(c1ccn(Cc2ccc(Br)s2)c1)C(C)C. The van der Waals surface area contributed by atoms with Crippen LogP contribution in [0.4, 0.5) is 0 Å². The molecule has 0 saturated carbocycles. The van der Waals surface area contributed by atoms with Crippen molar-refractivity contribution in [2.45, 2.75) is 33.4 Å². The van der Waals surface area contributed by atoms with Gasteiger partial charge in [0, 0.05) is 23.3 Å². The molecule has 0 aliphatic heterocycles. The topological polar surface area (TPSA) is 17.0 Å². The highest BCUT2D eigenvalue weighted by molar-refractivity contribution is 9.11. The van der Waals surface area contributed by atoms with Gasteiger partial charge in [0.2, 0.25) is 0 Å². The van der Waals surface area contributed by atoms with E-state index in [9.17, 15) is 0 Å². The van der Waals surface area contributed by atoms with Crippen molar-refractivity contribution >= 4 is 27.3 Å². The molecule has 0 fully saturated rings. The lowest BCUT2D eigenvalue weighted by Gasteiger charge is -2.20. The van der Waals surface area contributed by atoms with Crippen LogP contribution in [-0.2, 0) is 6.54 Å². The average Bonchev–Trinajstić information content (AvgIpc) is 2.96. The zero-order chi connectivity index (χ0) is 13.8. The van der Waals surface area contributed by atoms with Gasteiger partial charge in [-0.25, -0.2) is 0 Å². The molecule has 1 N–H and O–H groups in total. The molecule has 2 heterocycles. The van der Waals surface area contributed by atoms with Gasteiger partial charge < -0.3 is 9.88 Å². The van der Waals surface area contributed by atoms with E-state index < -0.39 is 0 Å². The lowest BCUT2D eigenvalue weighted by Crippen LogP contribution is -2.25. The summed E-state index contributed by atoms with van der Waals surface area (Å²) in [5.41, 5.74) is 1.38. The molecular formula is C15H21BrN2S. The summed E-state index contributed by atoms with van der Waals surface area (Å²) in [5, 5.41) is 3.56. The third kappa shape index (κ3) is 3.94. The number of nitrogens with one attached hydrogen (secondary N) is 1. The number of nitrogens with zero attached hydrogens (tertiary/aromatic N) is 1. The third-order valence-electron chi connectivity index (χ3n) is 3.19. The summed E-state index contributed by atoms with van der Waals surface area (Å²) in [6.07, 6.45) is 4.44. The molecule has 0 aliphatic carbocycles. The highest BCUT2D eigenvalue weighted by Gasteiger charge is 2.15. The van der Waals surface area contributed by atoms with E-state index in [2.05, 4.69) is 77.2 Å². The van der Waals surface area contributed by atoms with Gasteiger partial charge in [0.05, 0.1) is 10.3 Å². The summed E-state index contributed by atoms with van der Waals surface area (Å²) in [6, 6.07) is 6.97. The number of rotatable bonds is 6. The predicted octanol–water partition coefficient (Wildman–Crippen LogP) is 4.67. The molecule has 0 radical (unpaired) electrons. The maximum Gasteiger partial charge on any atom is 0.0702 e. The highest BCUT2D eigenvalue weighted by atomic mass is 79.9. The first-order valence-electron chi connectivity index (χ1n) is 6.73. The zero-order valence-electron chi connectivity index (χ0n) is 11.7. The molecule has 0 bridgehead atoms. The largest absolute Gasteiger partial charge is 0.349 e. The van der Waals surface area contributed by atoms with Gasteiger partial charge in [-0.1, -0.05) is 20.8 Å². The Balaban J connectivity index is 2.09. The predicted molar refractivity (Wildman–Crippen MR) is 86.8 cm³/mol. The molecule has 0 spiro atoms. The van der Waals surface area contributed by atoms with E-state index in [0.29, 0.717) is 12.0 Å². The van der Waals surface area contributed by atoms with Crippen molar-refractivity contribution < 1.29 is 0 Å². The molecule has 2 nitrogen and oxygen atoms in total. The maximum absolute atomic E-state index is 3.56. The second-order valence-corrected chi connectivity index (χ2v) is 7.65. The van der Waals surface area contributed by atoms with Gasteiger partial charge in [-0.2, -0.15) is 0 Å². The summed E-state index contributed by atoms with van der Waals surface area (Å²) in [6.45, 7) is 8.65. The van der Waals surface area contributed by atoms with Crippen LogP contribution in [0.3, 0.4) is 0 Å². The first-order chi connectivity index (χ1) is 9.10. The highest BCUT2D eigenvalue weighted by Crippen LogP contribution is 2.25. The molecule has 19 heavy (non-hydrogen) atoms. The van der Waals surface area contributed by atoms with Crippen LogP contribution in [0, 0.1) is 5.92 Å². The van der Waals surface area contributed by atoms with E-state index in [1.54, 1.807) is 11.3 Å². The maximum atomic E-state index is 3.56. The normalized spacial score (nSPS) is 13.1. The Hall–Kier alpha value is -0.580. The molecule has 2 aromatic heterocycles. The lowest BCUT2D eigenvalue weighted by atomic mass is 9.98. The Morgan fingerprint density at radius 2 is 2.11 bits per heavy atom. The van der Waals surface area contributed by atoms with Crippen LogP contribution in [-0.4, -0.2) is 11.1 Å². The van der Waals surface area contributed by atoms with E-state index in [0.717, 1.165) is 13.1 Å². The van der Waals surface area contributed by atoms with Crippen molar-refractivity contribution in [2.24, 2.45) is 5.92 Å². The molecule has 1 unspecified atom stereocenters. The fourth-order valence-electron chi connectivity index (χ4n) is 2.32. The summed E-state index contributed by atoms with van der Waals surface area (Å²) in [5.74, 6) is 0.603. The second-order valence-electron chi connectivity index (χ2n) is 5.10. The second kappa shape index (κ2) is 6.73. The minimum Gasteiger partial charge on any atom is -0.349 e. The Labute approximate surface area is 128 Å². The van der Waals surface area contributed by atoms with Crippen molar-refractivity contribution in [2.75, 3.05) is 6.54 Å². The van der Waals surface area contributed by atoms with E-state index in [-0.39, 0.29) is 0 Å². The number of halogens is 1. The van der Waals surface area contributed by atoms with Crippen molar-refractivity contribution in [3.05, 3.63) is 44.8 Å². The van der Waals surface area contributed by atoms with Crippen molar-refractivity contribution in [1.82, 2.24) is 9.88 Å². The smallest absolute Gasteiger partial charge is 0.0702 e. The Kier molecular flexibility index (Phi) is 5.25. The first-order valence-corrected chi connectivity index (χ1v) is 8.34. The zero-order valence-corrected chi connectivity index (χ0v) is 14.1. The molecule has 104 valence electrons. The number of thiophene rings is 1. The Bertz CT molecular complexity index is 516. The molecule has 0 aliphatic rings. The van der Waals surface area contributed by atoms with Crippen molar-refractivity contribution in [3.8, 4) is 0 Å². The van der Waals surface area contributed by atoms with Gasteiger partial charge >= 0.3 is 0 Å². The number of aromatic nitrogens is 1. The minimum absolute atomic E-state index is 0.446. The quantitative estimate of drug-likeness (QED) is 0.808. The van der Waals surface area contributed by atoms with Crippen LogP contribution in [0.2, 0.25) is 0 Å². The van der Waals surface area contributed by atoms with Crippen LogP contribution in [0.1, 0.15) is 37.3 Å². The number of hydrogen-bond acceptors (Lipinski definition) is 2. The fraction of sp³-hybridized carbons (Fsp3) is 0.467. The van der Waals surface area contributed by atoms with Gasteiger partial charge in [-0.15, -0.1) is 11.3 Å². The monoisotopic (exact) mass is 340 g/mol. The van der Waals surface area contributed by atoms with E-state index in [1.165, 1.54) is 14.2 Å². The van der Waals surface area contributed by atoms with Gasteiger partial charge in [0.1, 0.15) is 0 Å². The van der Waals surface area contributed by atoms with Gasteiger partial charge in [-0.05, 0) is 52.2 Å². The van der Waals surface area contributed by atoms with Crippen LogP contribution in [0.25, 0.3) is 0 Å². The van der Waals surface area contributed by atoms with Crippen LogP contribution < -0.4 is 5.32 Å². The third-order valence-corrected chi connectivity index (χ3v) is 4.80. The van der Waals surface area contributed by atoms with Crippen molar-refractivity contribution in [1.29, 1.82) is 0 Å². The summed E-state index contributed by atoms with van der Waals surface area (Å²) in [7, 11) is 0. The molecule has 4 heteroatoms. The van der Waals surface area contributed by atoms with E-state index >= 15 is 0 Å². The molecule has 0 amide bonds. The molecule has 2 rings (SSSR count). The van der Waals surface area contributed by atoms with Crippen LogP contribution >= 0.6 is 27.3 Å². The van der Waals surface area contributed by atoms with E-state index in [1.807, 2.05) is 0 Å². The van der Waals surface area contributed by atoms with Gasteiger partial charge in [0.25, 0.3) is 0 Å². The van der Waals surface area contributed by atoms with Crippen molar-refractivity contribution in [3.63, 3.8) is 0 Å². The van der Waals surface area contributed by atoms with Crippen LogP contribution in [0.5, 0.6) is 0 Å². The molecule has 0 aromatic carbocycles. The average molecular weight is 341 g/mol. The lowest BCUT2D eigenvalue weighted by molar-refractivity contribution is 0.421. The minimum atomic E-state index is 0.446. The van der Waals surface area contributed by atoms with Gasteiger partial charge in [0.15, 0.2) is 0 Å². The van der Waals surface area contributed by atoms with Crippen LogP contribution in [0.15, 0.2) is 34.4 Å². The standard InChI is InChI=1S/C15H21BrN2S/c1-4-17-15(11(2)3)12-7-8-18(9-12)10-13-5-6-14(16)19-13/h5-9,11,15,17H,4,10H2,1-3H3. The van der Waals surface area contributed by atoms with Gasteiger partial charge in [-0.3, -0.25) is 0 Å². The fourth-order valence-corrected chi connectivity index (χ4v) is 3.81. The molecule has 1 atom stereocenters. The molecule has 2 aromatic rings. The summed E-state index contributed by atoms with van der Waals surface area (Å²) >= 11 is 5.31. The number of hydrogen-bond donors (Lipinski definition) is 1. The first kappa shape index (κ1) is 14.8.